The van der Waals surface area contributed by atoms with E-state index in [2.05, 4.69) is 58.3 Å². The first-order valence-corrected chi connectivity index (χ1v) is 12.7. The van der Waals surface area contributed by atoms with E-state index in [9.17, 15) is 0 Å². The van der Waals surface area contributed by atoms with Crippen molar-refractivity contribution >= 4 is 0 Å². The number of unbranched alkanes of at least 4 members (excludes halogenated alkanes) is 9. The Bertz CT molecular complexity index is 742. The number of rotatable bonds is 13. The predicted molar refractivity (Wildman–Crippen MR) is 131 cm³/mol. The zero-order valence-electron chi connectivity index (χ0n) is 19.6. The molecule has 0 fully saturated rings. The van der Waals surface area contributed by atoms with Gasteiger partial charge in [-0.2, -0.15) is 0 Å². The van der Waals surface area contributed by atoms with Gasteiger partial charge in [0.05, 0.1) is 0 Å². The number of fused-ring (bicyclic) bond motifs is 2. The summed E-state index contributed by atoms with van der Waals surface area (Å²) in [5, 5.41) is 0. The minimum atomic E-state index is 0.745. The first-order valence-electron chi connectivity index (χ1n) is 12.7. The maximum absolute atomic E-state index is 5.85. The summed E-state index contributed by atoms with van der Waals surface area (Å²) in [4.78, 5) is 4.86. The van der Waals surface area contributed by atoms with Crippen LogP contribution in [-0.4, -0.2) is 36.4 Å². The fourth-order valence-electron chi connectivity index (χ4n) is 4.82. The molecule has 4 heteroatoms. The molecule has 0 spiro atoms. The van der Waals surface area contributed by atoms with Crippen molar-refractivity contribution in [1.29, 1.82) is 0 Å². The van der Waals surface area contributed by atoms with E-state index in [0.717, 1.165) is 51.1 Å². The quantitative estimate of drug-likeness (QED) is 0.331. The van der Waals surface area contributed by atoms with Gasteiger partial charge in [0, 0.05) is 37.3 Å². The summed E-state index contributed by atoms with van der Waals surface area (Å²) < 4.78 is 11.7. The third-order valence-electron chi connectivity index (χ3n) is 6.74. The van der Waals surface area contributed by atoms with Crippen LogP contribution < -0.4 is 9.47 Å². The van der Waals surface area contributed by atoms with Crippen LogP contribution in [0.25, 0.3) is 0 Å². The highest BCUT2D eigenvalue weighted by Crippen LogP contribution is 2.25. The predicted octanol–water partition coefficient (Wildman–Crippen LogP) is 6.59. The van der Waals surface area contributed by atoms with Crippen LogP contribution in [0.4, 0.5) is 0 Å². The zero-order valence-corrected chi connectivity index (χ0v) is 19.6. The van der Waals surface area contributed by atoms with E-state index in [4.69, 9.17) is 9.47 Å². The molecule has 0 unspecified atom stereocenters. The second-order valence-corrected chi connectivity index (χ2v) is 9.40. The summed E-state index contributed by atoms with van der Waals surface area (Å²) in [5.41, 5.74) is 2.65. The van der Waals surface area contributed by atoms with Crippen LogP contribution in [0.3, 0.4) is 0 Å². The van der Waals surface area contributed by atoms with Crippen LogP contribution in [0, 0.1) is 0 Å². The van der Waals surface area contributed by atoms with Gasteiger partial charge >= 0.3 is 0 Å². The molecule has 4 nitrogen and oxygen atoms in total. The number of ether oxygens (including phenoxy) is 2. The smallest absolute Gasteiger partial charge is 0.142 e. The lowest BCUT2D eigenvalue weighted by Gasteiger charge is -2.28. The van der Waals surface area contributed by atoms with E-state index in [0.29, 0.717) is 0 Å². The summed E-state index contributed by atoms with van der Waals surface area (Å²) in [5.74, 6) is 2.13. The van der Waals surface area contributed by atoms with Gasteiger partial charge in [0.1, 0.15) is 25.0 Å². The molecule has 174 valence electrons. The fourth-order valence-corrected chi connectivity index (χ4v) is 4.82. The molecule has 0 aliphatic carbocycles. The van der Waals surface area contributed by atoms with Gasteiger partial charge < -0.3 is 9.47 Å². The molecule has 32 heavy (non-hydrogen) atoms. The van der Waals surface area contributed by atoms with Crippen molar-refractivity contribution in [3.05, 3.63) is 59.7 Å². The monoisotopic (exact) mass is 436 g/mol. The molecule has 4 rings (SSSR count). The number of nitrogens with zero attached hydrogens (tertiary/aromatic N) is 2. The molecule has 2 aliphatic heterocycles. The van der Waals surface area contributed by atoms with Crippen LogP contribution in [-0.2, 0) is 13.1 Å². The molecule has 0 bridgehead atoms. The Labute approximate surface area is 194 Å². The Balaban J connectivity index is 0.931. The lowest BCUT2D eigenvalue weighted by atomic mass is 10.1. The zero-order chi connectivity index (χ0) is 21.8. The van der Waals surface area contributed by atoms with Gasteiger partial charge in [-0.25, -0.2) is 0 Å². The van der Waals surface area contributed by atoms with Crippen molar-refractivity contribution in [1.82, 2.24) is 9.80 Å². The SMILES string of the molecule is c1ccc2c(c1)CN(CCCCCCCCCCCCN1COc3ccccc3C1)CO2. The molecule has 0 radical (unpaired) electrons. The molecular weight excluding hydrogens is 396 g/mol. The Kier molecular flexibility index (Phi) is 9.29. The minimum Gasteiger partial charge on any atom is -0.478 e. The van der Waals surface area contributed by atoms with Crippen molar-refractivity contribution in [2.24, 2.45) is 0 Å². The molecule has 2 aromatic carbocycles. The normalized spacial score (nSPS) is 16.1. The lowest BCUT2D eigenvalue weighted by Crippen LogP contribution is -2.32. The van der Waals surface area contributed by atoms with E-state index in [-0.39, 0.29) is 0 Å². The van der Waals surface area contributed by atoms with Crippen LogP contribution >= 0.6 is 0 Å². The highest BCUT2D eigenvalue weighted by atomic mass is 16.5. The van der Waals surface area contributed by atoms with Gasteiger partial charge in [-0.15, -0.1) is 0 Å². The molecule has 2 aliphatic rings. The molecule has 2 aromatic rings. The first kappa shape index (κ1) is 23.1. The molecule has 0 N–H and O–H groups in total. The third-order valence-corrected chi connectivity index (χ3v) is 6.74. The Morgan fingerprint density at radius 2 is 0.875 bits per heavy atom. The number of hydrogen-bond acceptors (Lipinski definition) is 4. The third kappa shape index (κ3) is 7.25. The molecule has 2 heterocycles. The van der Waals surface area contributed by atoms with Crippen LogP contribution in [0.5, 0.6) is 11.5 Å². The number of benzene rings is 2. The molecule has 0 saturated carbocycles. The standard InChI is InChI=1S/C28H40N2O2/c1(3-5-7-13-19-29-21-25-15-9-11-17-27(25)31-23-29)2-4-6-8-14-20-30-22-26-16-10-12-18-28(26)32-24-30/h9-12,15-18H,1-8,13-14,19-24H2. The Morgan fingerprint density at radius 1 is 0.500 bits per heavy atom. The maximum Gasteiger partial charge on any atom is 0.142 e. The minimum absolute atomic E-state index is 0.745. The van der Waals surface area contributed by atoms with Crippen LogP contribution in [0.15, 0.2) is 48.5 Å². The van der Waals surface area contributed by atoms with E-state index >= 15 is 0 Å². The largest absolute Gasteiger partial charge is 0.478 e. The lowest BCUT2D eigenvalue weighted by molar-refractivity contribution is 0.0934. The number of hydrogen-bond donors (Lipinski definition) is 0. The first-order chi connectivity index (χ1) is 15.9. The molecule has 0 amide bonds. The highest BCUT2D eigenvalue weighted by molar-refractivity contribution is 5.34. The maximum atomic E-state index is 5.85. The van der Waals surface area contributed by atoms with Gasteiger partial charge in [0.2, 0.25) is 0 Å². The average molecular weight is 437 g/mol. The summed E-state index contributed by atoms with van der Waals surface area (Å²) in [6, 6.07) is 16.8. The second kappa shape index (κ2) is 12.9. The van der Waals surface area contributed by atoms with Crippen molar-refractivity contribution < 1.29 is 9.47 Å². The highest BCUT2D eigenvalue weighted by Gasteiger charge is 2.16. The summed E-state index contributed by atoms with van der Waals surface area (Å²) in [6.45, 7) is 5.87. The average Bonchev–Trinajstić information content (AvgIpc) is 2.84. The topological polar surface area (TPSA) is 24.9 Å². The summed E-state index contributed by atoms with van der Waals surface area (Å²) in [7, 11) is 0. The van der Waals surface area contributed by atoms with Crippen LogP contribution in [0.1, 0.15) is 75.3 Å². The molecule has 0 saturated heterocycles. The Morgan fingerprint density at radius 3 is 1.31 bits per heavy atom. The summed E-state index contributed by atoms with van der Waals surface area (Å²) in [6.07, 6.45) is 13.6. The van der Waals surface area contributed by atoms with Gasteiger partial charge in [0.25, 0.3) is 0 Å². The van der Waals surface area contributed by atoms with Crippen LogP contribution in [0.2, 0.25) is 0 Å². The van der Waals surface area contributed by atoms with E-state index in [1.54, 1.807) is 0 Å². The summed E-state index contributed by atoms with van der Waals surface area (Å²) >= 11 is 0. The van der Waals surface area contributed by atoms with E-state index in [1.807, 2.05) is 0 Å². The molecule has 0 aromatic heterocycles. The van der Waals surface area contributed by atoms with E-state index < -0.39 is 0 Å². The van der Waals surface area contributed by atoms with Crippen molar-refractivity contribution in [2.45, 2.75) is 77.3 Å². The van der Waals surface area contributed by atoms with Gasteiger partial charge in [-0.3, -0.25) is 9.80 Å². The molecule has 0 atom stereocenters. The Hall–Kier alpha value is -2.04. The van der Waals surface area contributed by atoms with Gasteiger partial charge in [-0.1, -0.05) is 87.8 Å². The van der Waals surface area contributed by atoms with Crippen molar-refractivity contribution in [2.75, 3.05) is 26.6 Å². The molecular formula is C28H40N2O2. The van der Waals surface area contributed by atoms with E-state index in [1.165, 1.54) is 75.3 Å². The van der Waals surface area contributed by atoms with Crippen molar-refractivity contribution in [3.8, 4) is 11.5 Å². The van der Waals surface area contributed by atoms with Gasteiger partial charge in [0.15, 0.2) is 0 Å². The second-order valence-electron chi connectivity index (χ2n) is 9.40. The van der Waals surface area contributed by atoms with Gasteiger partial charge in [-0.05, 0) is 25.0 Å². The fraction of sp³-hybridized carbons (Fsp3) is 0.571. The van der Waals surface area contributed by atoms with Crippen molar-refractivity contribution in [3.63, 3.8) is 0 Å². The number of para-hydroxylation sites is 2.